The first-order valence-corrected chi connectivity index (χ1v) is 4.50. The average molecular weight is 228 g/mol. The molecule has 1 nitrogen and oxygen atoms in total. The van der Waals surface area contributed by atoms with E-state index in [0.717, 1.165) is 0 Å². The van der Waals surface area contributed by atoms with Gasteiger partial charge in [-0.05, 0) is 23.2 Å². The van der Waals surface area contributed by atoms with E-state index in [4.69, 9.17) is 5.11 Å². The number of halogens is 1. The molecular weight excluding hydrogens is 215 g/mol. The largest absolute Gasteiger partial charge is 0.396 e. The number of hydrogen-bond donors (Lipinski definition) is 1. The van der Waals surface area contributed by atoms with Crippen molar-refractivity contribution < 1.29 is 5.11 Å². The molecule has 2 heteroatoms. The molecule has 0 bridgehead atoms. The van der Waals surface area contributed by atoms with Gasteiger partial charge in [-0.15, -0.1) is 0 Å². The molecule has 0 aliphatic carbocycles. The Kier molecular flexibility index (Phi) is 6.32. The predicted octanol–water partition coefficient (Wildman–Crippen LogP) is 1.83. The molecule has 1 atom stereocenters. The Morgan fingerprint density at radius 2 is 2.25 bits per heavy atom. The van der Waals surface area contributed by atoms with Gasteiger partial charge < -0.3 is 5.11 Å². The summed E-state index contributed by atoms with van der Waals surface area (Å²) in [5.74, 6) is 0.504. The van der Waals surface area contributed by atoms with Gasteiger partial charge in [-0.3, -0.25) is 0 Å². The van der Waals surface area contributed by atoms with E-state index < -0.39 is 0 Å². The van der Waals surface area contributed by atoms with Crippen LogP contribution in [0, 0.1) is 5.92 Å². The van der Waals surface area contributed by atoms with E-state index in [1.807, 2.05) is 0 Å². The van der Waals surface area contributed by atoms with Crippen molar-refractivity contribution in [2.45, 2.75) is 19.8 Å². The van der Waals surface area contributed by atoms with Gasteiger partial charge in [-0.2, -0.15) is 0 Å². The van der Waals surface area contributed by atoms with Crippen molar-refractivity contribution in [3.05, 3.63) is 0 Å². The number of alkyl halides is 1. The summed E-state index contributed by atoms with van der Waals surface area (Å²) in [6, 6.07) is 0. The third-order valence-corrected chi connectivity index (χ3v) is 1.91. The highest BCUT2D eigenvalue weighted by Gasteiger charge is 1.96. The molecule has 0 heterocycles. The molecule has 0 aliphatic rings. The minimum absolute atomic E-state index is 0.344. The van der Waals surface area contributed by atoms with Gasteiger partial charge >= 0.3 is 0 Å². The maximum absolute atomic E-state index is 8.56. The van der Waals surface area contributed by atoms with Crippen molar-refractivity contribution in [2.75, 3.05) is 11.0 Å². The molecule has 0 amide bonds. The Balaban J connectivity index is 2.86. The first-order valence-electron chi connectivity index (χ1n) is 2.98. The zero-order chi connectivity index (χ0) is 6.41. The van der Waals surface area contributed by atoms with E-state index in [0.29, 0.717) is 12.5 Å². The average Bonchev–Trinajstić information content (AvgIpc) is 1.83. The molecule has 1 N–H and O–H groups in total. The van der Waals surface area contributed by atoms with Crippen LogP contribution in [0.5, 0.6) is 0 Å². The van der Waals surface area contributed by atoms with E-state index in [-0.39, 0.29) is 0 Å². The zero-order valence-corrected chi connectivity index (χ0v) is 7.39. The molecule has 0 radical (unpaired) electrons. The standard InChI is InChI=1S/C6H13IO/c1-6(5-8)3-2-4-7/h6,8H,2-5H2,1H3/t6-/m1/s1. The molecule has 0 saturated carbocycles. The van der Waals surface area contributed by atoms with Gasteiger partial charge in [0.05, 0.1) is 0 Å². The fourth-order valence-electron chi connectivity index (χ4n) is 0.517. The van der Waals surface area contributed by atoms with Gasteiger partial charge in [0.25, 0.3) is 0 Å². The second kappa shape index (κ2) is 5.82. The quantitative estimate of drug-likeness (QED) is 0.574. The summed E-state index contributed by atoms with van der Waals surface area (Å²) in [6.45, 7) is 2.42. The van der Waals surface area contributed by atoms with Crippen molar-refractivity contribution in [1.29, 1.82) is 0 Å². The predicted molar refractivity (Wildman–Crippen MR) is 44.4 cm³/mol. The molecule has 0 aromatic carbocycles. The summed E-state index contributed by atoms with van der Waals surface area (Å²) >= 11 is 2.36. The van der Waals surface area contributed by atoms with Crippen molar-refractivity contribution in [3.63, 3.8) is 0 Å². The third-order valence-electron chi connectivity index (χ3n) is 1.14. The molecule has 8 heavy (non-hydrogen) atoms. The van der Waals surface area contributed by atoms with Crippen LogP contribution in [-0.4, -0.2) is 16.1 Å². The lowest BCUT2D eigenvalue weighted by Gasteiger charge is -2.03. The summed E-state index contributed by atoms with van der Waals surface area (Å²) < 4.78 is 1.21. The van der Waals surface area contributed by atoms with E-state index in [1.165, 1.54) is 17.3 Å². The molecule has 0 saturated heterocycles. The third kappa shape index (κ3) is 4.84. The lowest BCUT2D eigenvalue weighted by Crippen LogP contribution is -1.99. The molecule has 0 aromatic heterocycles. The first kappa shape index (κ1) is 8.69. The zero-order valence-electron chi connectivity index (χ0n) is 5.23. The van der Waals surface area contributed by atoms with Crippen LogP contribution >= 0.6 is 22.6 Å². The maximum Gasteiger partial charge on any atom is 0.0456 e. The van der Waals surface area contributed by atoms with Gasteiger partial charge in [0, 0.05) is 6.61 Å². The molecule has 50 valence electrons. The molecule has 0 fully saturated rings. The summed E-state index contributed by atoms with van der Waals surface area (Å²) in [5.41, 5.74) is 0. The van der Waals surface area contributed by atoms with Gasteiger partial charge in [0.2, 0.25) is 0 Å². The highest BCUT2D eigenvalue weighted by molar-refractivity contribution is 14.1. The van der Waals surface area contributed by atoms with Crippen molar-refractivity contribution >= 4 is 22.6 Å². The number of aliphatic hydroxyl groups excluding tert-OH is 1. The minimum atomic E-state index is 0.344. The van der Waals surface area contributed by atoms with Crippen LogP contribution in [0.4, 0.5) is 0 Å². The SMILES string of the molecule is C[C@@H](CO)CCCI. The van der Waals surface area contributed by atoms with Crippen molar-refractivity contribution in [2.24, 2.45) is 5.92 Å². The maximum atomic E-state index is 8.56. The van der Waals surface area contributed by atoms with Crippen LogP contribution in [0.1, 0.15) is 19.8 Å². The van der Waals surface area contributed by atoms with E-state index >= 15 is 0 Å². The number of rotatable bonds is 4. The Morgan fingerprint density at radius 1 is 1.62 bits per heavy atom. The van der Waals surface area contributed by atoms with E-state index in [1.54, 1.807) is 0 Å². The smallest absolute Gasteiger partial charge is 0.0456 e. The van der Waals surface area contributed by atoms with E-state index in [9.17, 15) is 0 Å². The monoisotopic (exact) mass is 228 g/mol. The van der Waals surface area contributed by atoms with Gasteiger partial charge in [0.15, 0.2) is 0 Å². The Labute approximate surface area is 64.6 Å². The molecule has 0 unspecified atom stereocenters. The minimum Gasteiger partial charge on any atom is -0.396 e. The summed E-state index contributed by atoms with van der Waals surface area (Å²) in [4.78, 5) is 0. The molecule has 0 aliphatic heterocycles. The lowest BCUT2D eigenvalue weighted by atomic mass is 10.1. The summed E-state index contributed by atoms with van der Waals surface area (Å²) in [5, 5.41) is 8.56. The fraction of sp³-hybridized carbons (Fsp3) is 1.00. The topological polar surface area (TPSA) is 20.2 Å². The Bertz CT molecular complexity index is 47.8. The second-order valence-corrected chi connectivity index (χ2v) is 3.20. The fourth-order valence-corrected chi connectivity index (χ4v) is 0.957. The Morgan fingerprint density at radius 3 is 2.62 bits per heavy atom. The van der Waals surface area contributed by atoms with Crippen LogP contribution in [0.15, 0.2) is 0 Å². The van der Waals surface area contributed by atoms with Gasteiger partial charge in [-0.25, -0.2) is 0 Å². The van der Waals surface area contributed by atoms with Crippen LogP contribution in [0.25, 0.3) is 0 Å². The molecular formula is C6H13IO. The van der Waals surface area contributed by atoms with Gasteiger partial charge in [-0.1, -0.05) is 29.5 Å². The normalized spacial score (nSPS) is 13.9. The van der Waals surface area contributed by atoms with Crippen LogP contribution in [0.2, 0.25) is 0 Å². The highest BCUT2D eigenvalue weighted by atomic mass is 127. The van der Waals surface area contributed by atoms with Crippen molar-refractivity contribution in [1.82, 2.24) is 0 Å². The second-order valence-electron chi connectivity index (χ2n) is 2.12. The Hall–Kier alpha value is 0.690. The lowest BCUT2D eigenvalue weighted by molar-refractivity contribution is 0.230. The molecule has 0 rings (SSSR count). The van der Waals surface area contributed by atoms with Crippen molar-refractivity contribution in [3.8, 4) is 0 Å². The highest BCUT2D eigenvalue weighted by Crippen LogP contribution is 2.04. The van der Waals surface area contributed by atoms with Crippen LogP contribution < -0.4 is 0 Å². The van der Waals surface area contributed by atoms with Crippen LogP contribution in [0.3, 0.4) is 0 Å². The summed E-state index contributed by atoms with van der Waals surface area (Å²) in [7, 11) is 0. The summed E-state index contributed by atoms with van der Waals surface area (Å²) in [6.07, 6.45) is 2.40. The van der Waals surface area contributed by atoms with Gasteiger partial charge in [0.1, 0.15) is 0 Å². The first-order chi connectivity index (χ1) is 3.81. The van der Waals surface area contributed by atoms with E-state index in [2.05, 4.69) is 29.5 Å². The number of hydrogen-bond acceptors (Lipinski definition) is 1. The molecule has 0 spiro atoms. The van der Waals surface area contributed by atoms with Crippen LogP contribution in [-0.2, 0) is 0 Å². The molecule has 0 aromatic rings. The number of aliphatic hydroxyl groups is 1.